The van der Waals surface area contributed by atoms with Crippen LogP contribution in [0.1, 0.15) is 42.0 Å². The molecular formula is C36H41N5O7S. The van der Waals surface area contributed by atoms with Crippen LogP contribution in [-0.2, 0) is 25.2 Å². The number of piperidine rings is 1. The van der Waals surface area contributed by atoms with Crippen molar-refractivity contribution >= 4 is 27.7 Å². The van der Waals surface area contributed by atoms with Crippen molar-refractivity contribution in [2.45, 2.75) is 43.2 Å². The number of carbonyl (C=O) groups excluding carboxylic acids is 2. The number of anilines is 1. The summed E-state index contributed by atoms with van der Waals surface area (Å²) in [6.07, 6.45) is 1.34. The highest BCUT2D eigenvalue weighted by Crippen LogP contribution is 2.52. The smallest absolute Gasteiger partial charge is 0.411 e. The van der Waals surface area contributed by atoms with E-state index >= 15 is 4.79 Å². The molecule has 3 aromatic carbocycles. The molecule has 0 aliphatic carbocycles. The van der Waals surface area contributed by atoms with Gasteiger partial charge in [0.05, 0.1) is 36.6 Å². The fraction of sp³-hybridized carbons (Fsp3) is 0.417. The van der Waals surface area contributed by atoms with Crippen LogP contribution >= 0.6 is 0 Å². The van der Waals surface area contributed by atoms with E-state index in [4.69, 9.17) is 14.2 Å². The third-order valence-electron chi connectivity index (χ3n) is 9.63. The summed E-state index contributed by atoms with van der Waals surface area (Å²) < 4.78 is 47.6. The number of amides is 2. The summed E-state index contributed by atoms with van der Waals surface area (Å²) in [6.45, 7) is 7.80. The Balaban J connectivity index is 1.46. The number of fused-ring (bicyclic) bond motifs is 1. The molecule has 2 fully saturated rings. The molecule has 0 radical (unpaired) electrons. The van der Waals surface area contributed by atoms with E-state index in [-0.39, 0.29) is 45.4 Å². The molecule has 1 atom stereocenters. The van der Waals surface area contributed by atoms with E-state index in [0.717, 1.165) is 25.9 Å². The first-order chi connectivity index (χ1) is 23.5. The van der Waals surface area contributed by atoms with Gasteiger partial charge in [0.15, 0.2) is 0 Å². The van der Waals surface area contributed by atoms with Crippen molar-refractivity contribution in [3.05, 3.63) is 82.9 Å². The Morgan fingerprint density at radius 3 is 2.35 bits per heavy atom. The number of aryl methyl sites for hydroxylation is 1. The molecule has 6 rings (SSSR count). The topological polar surface area (TPSA) is 133 Å². The minimum Gasteiger partial charge on any atom is -0.495 e. The Hall–Kier alpha value is -4.64. The molecule has 2 saturated heterocycles. The first kappa shape index (κ1) is 34.2. The molecule has 12 nitrogen and oxygen atoms in total. The number of likely N-dealkylation sites (tertiary alicyclic amines) is 1. The first-order valence-corrected chi connectivity index (χ1v) is 17.9. The lowest BCUT2D eigenvalue weighted by Gasteiger charge is -2.42. The van der Waals surface area contributed by atoms with Gasteiger partial charge in [-0.2, -0.15) is 9.57 Å². The summed E-state index contributed by atoms with van der Waals surface area (Å²) in [6, 6.07) is 18.0. The summed E-state index contributed by atoms with van der Waals surface area (Å²) in [5.41, 5.74) is -1.38. The van der Waals surface area contributed by atoms with Crippen LogP contribution in [0.4, 0.5) is 10.5 Å². The number of hydrogen-bond acceptors (Lipinski definition) is 10. The molecule has 3 aliphatic heterocycles. The predicted molar refractivity (Wildman–Crippen MR) is 182 cm³/mol. The zero-order valence-electron chi connectivity index (χ0n) is 28.2. The van der Waals surface area contributed by atoms with Gasteiger partial charge in [0.2, 0.25) is 5.60 Å². The molecule has 258 valence electrons. The lowest BCUT2D eigenvalue weighted by Crippen LogP contribution is -2.55. The summed E-state index contributed by atoms with van der Waals surface area (Å²) >= 11 is 0. The van der Waals surface area contributed by atoms with Gasteiger partial charge >= 0.3 is 6.09 Å². The summed E-state index contributed by atoms with van der Waals surface area (Å²) in [5, 5.41) is 9.92. The molecule has 0 saturated carbocycles. The maximum absolute atomic E-state index is 15.1. The van der Waals surface area contributed by atoms with E-state index in [1.165, 1.54) is 37.4 Å². The van der Waals surface area contributed by atoms with E-state index in [1.54, 1.807) is 49.1 Å². The monoisotopic (exact) mass is 687 g/mol. The van der Waals surface area contributed by atoms with Gasteiger partial charge in [0, 0.05) is 37.8 Å². The normalized spacial score (nSPS) is 20.5. The summed E-state index contributed by atoms with van der Waals surface area (Å²) in [4.78, 5) is 35.4. The van der Waals surface area contributed by atoms with Gasteiger partial charge in [-0.3, -0.25) is 9.69 Å². The van der Waals surface area contributed by atoms with Crippen LogP contribution in [0.15, 0.2) is 65.6 Å². The van der Waals surface area contributed by atoms with Crippen LogP contribution in [0.5, 0.6) is 11.5 Å². The number of nitriles is 1. The summed E-state index contributed by atoms with van der Waals surface area (Å²) in [5.74, 6) is -0.758. The molecule has 1 unspecified atom stereocenters. The maximum atomic E-state index is 15.1. The second-order valence-electron chi connectivity index (χ2n) is 12.6. The van der Waals surface area contributed by atoms with E-state index in [0.29, 0.717) is 42.1 Å². The van der Waals surface area contributed by atoms with Gasteiger partial charge < -0.3 is 24.0 Å². The maximum Gasteiger partial charge on any atom is 0.411 e. The zero-order chi connectivity index (χ0) is 34.9. The Kier molecular flexibility index (Phi) is 9.57. The number of benzene rings is 3. The van der Waals surface area contributed by atoms with Crippen LogP contribution in [0.2, 0.25) is 0 Å². The largest absolute Gasteiger partial charge is 0.495 e. The Morgan fingerprint density at radius 1 is 0.959 bits per heavy atom. The SMILES string of the molecule is CCOc1ccccc1C1(OC(=O)N2CCN(C3CCN(C)CC3)CC2)C(=O)N(S(=O)(=O)c2cc(C)ccc2OC)c2ccc(C#N)cc21. The number of methoxy groups -OCH3 is 1. The van der Waals surface area contributed by atoms with Crippen molar-refractivity contribution in [3.63, 3.8) is 0 Å². The molecule has 3 aromatic rings. The number of hydrogen-bond donors (Lipinski definition) is 0. The van der Waals surface area contributed by atoms with Crippen molar-refractivity contribution in [1.82, 2.24) is 14.7 Å². The van der Waals surface area contributed by atoms with Crippen molar-refractivity contribution < 1.29 is 32.2 Å². The van der Waals surface area contributed by atoms with Crippen LogP contribution in [0, 0.1) is 18.3 Å². The number of ether oxygens (including phenoxy) is 3. The Morgan fingerprint density at radius 2 is 1.67 bits per heavy atom. The van der Waals surface area contributed by atoms with E-state index in [9.17, 15) is 18.5 Å². The predicted octanol–water partition coefficient (Wildman–Crippen LogP) is 4.10. The molecule has 0 bridgehead atoms. The lowest BCUT2D eigenvalue weighted by atomic mass is 9.85. The quantitative estimate of drug-likeness (QED) is 0.341. The van der Waals surface area contributed by atoms with Gasteiger partial charge in [-0.15, -0.1) is 0 Å². The van der Waals surface area contributed by atoms with Crippen molar-refractivity contribution in [2.24, 2.45) is 0 Å². The highest BCUT2D eigenvalue weighted by molar-refractivity contribution is 7.93. The average molecular weight is 688 g/mol. The fourth-order valence-corrected chi connectivity index (χ4v) is 8.73. The second kappa shape index (κ2) is 13.7. The number of para-hydroxylation sites is 1. The van der Waals surface area contributed by atoms with Crippen molar-refractivity contribution in [2.75, 3.05) is 64.3 Å². The number of nitrogens with zero attached hydrogens (tertiary/aromatic N) is 5. The molecule has 0 N–H and O–H groups in total. The van der Waals surface area contributed by atoms with Crippen molar-refractivity contribution in [1.29, 1.82) is 5.26 Å². The average Bonchev–Trinajstić information content (AvgIpc) is 3.36. The molecule has 2 amide bonds. The number of carbonyl (C=O) groups is 2. The number of piperazine rings is 1. The third kappa shape index (κ3) is 6.09. The second-order valence-corrected chi connectivity index (χ2v) is 14.4. The molecule has 49 heavy (non-hydrogen) atoms. The number of rotatable bonds is 8. The minimum atomic E-state index is -4.65. The van der Waals surface area contributed by atoms with Crippen LogP contribution in [0.25, 0.3) is 0 Å². The van der Waals surface area contributed by atoms with Gasteiger partial charge in [-0.05, 0) is 88.8 Å². The number of sulfonamides is 1. The fourth-order valence-electron chi connectivity index (χ4n) is 7.03. The van der Waals surface area contributed by atoms with Gasteiger partial charge in [-0.1, -0.05) is 24.3 Å². The minimum absolute atomic E-state index is 0.0391. The van der Waals surface area contributed by atoms with Gasteiger partial charge in [0.1, 0.15) is 16.4 Å². The van der Waals surface area contributed by atoms with E-state index < -0.39 is 27.6 Å². The third-order valence-corrected chi connectivity index (χ3v) is 11.3. The van der Waals surface area contributed by atoms with E-state index in [2.05, 4.69) is 22.9 Å². The Bertz CT molecular complexity index is 1900. The lowest BCUT2D eigenvalue weighted by molar-refractivity contribution is -0.132. The Labute approximate surface area is 287 Å². The highest BCUT2D eigenvalue weighted by atomic mass is 32.2. The van der Waals surface area contributed by atoms with Gasteiger partial charge in [0.25, 0.3) is 15.9 Å². The van der Waals surface area contributed by atoms with Crippen LogP contribution < -0.4 is 13.8 Å². The molecule has 3 aliphatic rings. The molecule has 3 heterocycles. The molecular weight excluding hydrogens is 646 g/mol. The first-order valence-electron chi connectivity index (χ1n) is 16.5. The van der Waals surface area contributed by atoms with Gasteiger partial charge in [-0.25, -0.2) is 13.2 Å². The molecule has 13 heteroatoms. The van der Waals surface area contributed by atoms with Crippen LogP contribution in [0.3, 0.4) is 0 Å². The molecule has 0 aromatic heterocycles. The van der Waals surface area contributed by atoms with Crippen molar-refractivity contribution in [3.8, 4) is 17.6 Å². The zero-order valence-corrected chi connectivity index (χ0v) is 29.0. The standard InChI is InChI=1S/C36H41N5O7S/c1-5-47-31-9-7-6-8-28(31)36(48-35(43)40-20-18-39(19-21-40)27-14-16-38(3)17-15-27)29-23-26(24-37)11-12-30(29)41(34(36)42)49(44,45)33-22-25(2)10-13-32(33)46-4/h6-13,22-23,27H,5,14-21H2,1-4H3. The van der Waals surface area contributed by atoms with E-state index in [1.807, 2.05) is 0 Å². The highest BCUT2D eigenvalue weighted by Gasteiger charge is 2.61. The molecule has 0 spiro atoms. The summed E-state index contributed by atoms with van der Waals surface area (Å²) in [7, 11) is -1.19. The van der Waals surface area contributed by atoms with Crippen LogP contribution in [-0.4, -0.2) is 101 Å².